The normalized spacial score (nSPS) is 20.3. The van der Waals surface area contributed by atoms with Crippen molar-refractivity contribution in [1.82, 2.24) is 0 Å². The highest BCUT2D eigenvalue weighted by molar-refractivity contribution is 9.10. The molecule has 16 heavy (non-hydrogen) atoms. The fourth-order valence-electron chi connectivity index (χ4n) is 2.42. The Kier molecular flexibility index (Phi) is 3.29. The number of carbonyl (C=O) groups is 1. The molecule has 0 aromatic heterocycles. The van der Waals surface area contributed by atoms with E-state index in [0.29, 0.717) is 0 Å². The van der Waals surface area contributed by atoms with Gasteiger partial charge in [0.25, 0.3) is 0 Å². The molecule has 1 aromatic rings. The number of rotatable bonds is 2. The van der Waals surface area contributed by atoms with Gasteiger partial charge >= 0.3 is 0 Å². The quantitative estimate of drug-likeness (QED) is 0.792. The summed E-state index contributed by atoms with van der Waals surface area (Å²) in [5.41, 5.74) is 3.81. The van der Waals surface area contributed by atoms with Crippen LogP contribution < -0.4 is 0 Å². The second kappa shape index (κ2) is 4.54. The minimum absolute atomic E-state index is 0.112. The summed E-state index contributed by atoms with van der Waals surface area (Å²) in [5, 5.41) is 0. The molecule has 0 aliphatic heterocycles. The van der Waals surface area contributed by atoms with Crippen LogP contribution in [0.4, 0.5) is 0 Å². The van der Waals surface area contributed by atoms with Gasteiger partial charge in [-0.3, -0.25) is 4.79 Å². The van der Waals surface area contributed by atoms with Crippen LogP contribution in [0.3, 0.4) is 0 Å². The Morgan fingerprint density at radius 3 is 2.50 bits per heavy atom. The summed E-state index contributed by atoms with van der Waals surface area (Å²) < 4.78 is 1.08. The van der Waals surface area contributed by atoms with Crippen molar-refractivity contribution in [3.05, 3.63) is 39.9 Å². The predicted molar refractivity (Wildman–Crippen MR) is 70.1 cm³/mol. The van der Waals surface area contributed by atoms with Gasteiger partial charge in [0.2, 0.25) is 0 Å². The molecule has 84 valence electrons. The van der Waals surface area contributed by atoms with Gasteiger partial charge in [-0.15, -0.1) is 0 Å². The fraction of sp³-hybridized carbons (Fsp3) is 0.357. The van der Waals surface area contributed by atoms with Crippen LogP contribution in [0, 0.1) is 5.92 Å². The zero-order chi connectivity index (χ0) is 11.7. The maximum atomic E-state index is 11.6. The van der Waals surface area contributed by atoms with E-state index in [0.717, 1.165) is 17.3 Å². The molecule has 0 radical (unpaired) electrons. The average Bonchev–Trinajstić information content (AvgIpc) is 2.62. The number of carbonyl (C=O) groups excluding carboxylic acids is 1. The van der Waals surface area contributed by atoms with Crippen molar-refractivity contribution in [1.29, 1.82) is 0 Å². The molecule has 0 bridgehead atoms. The number of Topliss-reactive ketones (excluding diaryl/α,β-unsaturated/α-hetero) is 1. The van der Waals surface area contributed by atoms with Crippen LogP contribution in [0.5, 0.6) is 0 Å². The summed E-state index contributed by atoms with van der Waals surface area (Å²) in [5.74, 6) is 0.399. The van der Waals surface area contributed by atoms with Crippen LogP contribution in [0.2, 0.25) is 0 Å². The van der Waals surface area contributed by atoms with Gasteiger partial charge in [-0.1, -0.05) is 33.6 Å². The number of benzene rings is 1. The van der Waals surface area contributed by atoms with Crippen LogP contribution in [0.1, 0.15) is 32.3 Å². The Hall–Kier alpha value is -0.890. The van der Waals surface area contributed by atoms with Gasteiger partial charge in [0, 0.05) is 10.4 Å². The Balaban J connectivity index is 2.41. The van der Waals surface area contributed by atoms with Crippen molar-refractivity contribution in [2.24, 2.45) is 5.92 Å². The Morgan fingerprint density at radius 1 is 1.31 bits per heavy atom. The first-order valence-corrected chi connectivity index (χ1v) is 6.35. The van der Waals surface area contributed by atoms with E-state index in [9.17, 15) is 4.79 Å². The molecule has 1 aliphatic rings. The molecular weight excluding hydrogens is 264 g/mol. The largest absolute Gasteiger partial charge is 0.299 e. The van der Waals surface area contributed by atoms with Gasteiger partial charge in [-0.05, 0) is 50.0 Å². The molecule has 0 spiro atoms. The molecule has 0 saturated carbocycles. The van der Waals surface area contributed by atoms with E-state index in [4.69, 9.17) is 0 Å². The molecule has 1 atom stereocenters. The van der Waals surface area contributed by atoms with Crippen molar-refractivity contribution < 1.29 is 4.79 Å². The van der Waals surface area contributed by atoms with Crippen LogP contribution >= 0.6 is 15.9 Å². The summed E-state index contributed by atoms with van der Waals surface area (Å²) in [6.45, 7) is 3.84. The zero-order valence-electron chi connectivity index (χ0n) is 9.59. The van der Waals surface area contributed by atoms with Gasteiger partial charge in [-0.2, -0.15) is 0 Å². The Morgan fingerprint density at radius 2 is 1.94 bits per heavy atom. The molecule has 0 saturated heterocycles. The monoisotopic (exact) mass is 278 g/mol. The SMILES string of the molecule is CC(=O)C1CCC(C)=C1c1ccc(Br)cc1. The molecule has 0 amide bonds. The molecule has 1 unspecified atom stereocenters. The Bertz CT molecular complexity index is 442. The van der Waals surface area contributed by atoms with Crippen molar-refractivity contribution >= 4 is 27.3 Å². The first-order valence-electron chi connectivity index (χ1n) is 5.55. The highest BCUT2D eigenvalue weighted by Gasteiger charge is 2.27. The highest BCUT2D eigenvalue weighted by atomic mass is 79.9. The van der Waals surface area contributed by atoms with E-state index in [1.807, 2.05) is 12.1 Å². The maximum absolute atomic E-state index is 11.6. The zero-order valence-corrected chi connectivity index (χ0v) is 11.2. The average molecular weight is 279 g/mol. The van der Waals surface area contributed by atoms with Gasteiger partial charge in [0.05, 0.1) is 0 Å². The van der Waals surface area contributed by atoms with Gasteiger partial charge in [-0.25, -0.2) is 0 Å². The van der Waals surface area contributed by atoms with Gasteiger partial charge < -0.3 is 0 Å². The topological polar surface area (TPSA) is 17.1 Å². The van der Waals surface area contributed by atoms with E-state index in [-0.39, 0.29) is 11.7 Å². The summed E-state index contributed by atoms with van der Waals surface area (Å²) in [4.78, 5) is 11.6. The third-order valence-electron chi connectivity index (χ3n) is 3.26. The maximum Gasteiger partial charge on any atom is 0.137 e. The van der Waals surface area contributed by atoms with E-state index < -0.39 is 0 Å². The van der Waals surface area contributed by atoms with Gasteiger partial charge in [0.1, 0.15) is 5.78 Å². The summed E-state index contributed by atoms with van der Waals surface area (Å²) in [6.07, 6.45) is 2.03. The van der Waals surface area contributed by atoms with Crippen molar-refractivity contribution in [2.75, 3.05) is 0 Å². The van der Waals surface area contributed by atoms with E-state index in [1.165, 1.54) is 16.7 Å². The Labute approximate surface area is 105 Å². The molecule has 1 aliphatic carbocycles. The van der Waals surface area contributed by atoms with E-state index >= 15 is 0 Å². The van der Waals surface area contributed by atoms with Gasteiger partial charge in [0.15, 0.2) is 0 Å². The van der Waals surface area contributed by atoms with Crippen LogP contribution in [-0.2, 0) is 4.79 Å². The number of halogens is 1. The molecule has 0 N–H and O–H groups in total. The molecule has 0 heterocycles. The lowest BCUT2D eigenvalue weighted by molar-refractivity contribution is -0.119. The number of hydrogen-bond donors (Lipinski definition) is 0. The molecule has 1 aromatic carbocycles. The second-order valence-corrected chi connectivity index (χ2v) is 5.32. The number of allylic oxidation sites excluding steroid dienone is 2. The van der Waals surface area contributed by atoms with Crippen molar-refractivity contribution in [3.8, 4) is 0 Å². The molecule has 1 nitrogen and oxygen atoms in total. The minimum Gasteiger partial charge on any atom is -0.299 e. The van der Waals surface area contributed by atoms with Crippen LogP contribution in [0.15, 0.2) is 34.3 Å². The molecule has 0 fully saturated rings. The lowest BCUT2D eigenvalue weighted by Gasteiger charge is -2.12. The second-order valence-electron chi connectivity index (χ2n) is 4.40. The lowest BCUT2D eigenvalue weighted by Crippen LogP contribution is -2.09. The first-order chi connectivity index (χ1) is 7.59. The van der Waals surface area contributed by atoms with E-state index in [1.54, 1.807) is 6.92 Å². The molecular formula is C14H15BrO. The molecule has 2 heteroatoms. The third-order valence-corrected chi connectivity index (χ3v) is 3.79. The van der Waals surface area contributed by atoms with Crippen molar-refractivity contribution in [3.63, 3.8) is 0 Å². The molecule has 2 rings (SSSR count). The van der Waals surface area contributed by atoms with E-state index in [2.05, 4.69) is 35.0 Å². The lowest BCUT2D eigenvalue weighted by atomic mass is 9.91. The van der Waals surface area contributed by atoms with Crippen molar-refractivity contribution in [2.45, 2.75) is 26.7 Å². The van der Waals surface area contributed by atoms with Crippen LogP contribution in [-0.4, -0.2) is 5.78 Å². The summed E-state index contributed by atoms with van der Waals surface area (Å²) in [6, 6.07) is 8.24. The summed E-state index contributed by atoms with van der Waals surface area (Å²) >= 11 is 3.43. The number of hydrogen-bond acceptors (Lipinski definition) is 1. The first kappa shape index (κ1) is 11.6. The minimum atomic E-state index is 0.112. The predicted octanol–water partition coefficient (Wildman–Crippen LogP) is 4.22. The standard InChI is InChI=1S/C14H15BrO/c1-9-3-8-13(10(2)16)14(9)11-4-6-12(15)7-5-11/h4-7,13H,3,8H2,1-2H3. The fourth-order valence-corrected chi connectivity index (χ4v) is 2.69. The van der Waals surface area contributed by atoms with Crippen LogP contribution in [0.25, 0.3) is 5.57 Å². The highest BCUT2D eigenvalue weighted by Crippen LogP contribution is 2.39. The smallest absolute Gasteiger partial charge is 0.137 e. The summed E-state index contributed by atoms with van der Waals surface area (Å²) in [7, 11) is 0. The third kappa shape index (κ3) is 2.12. The number of ketones is 1.